The van der Waals surface area contributed by atoms with Crippen molar-refractivity contribution in [3.05, 3.63) is 46.3 Å². The lowest BCUT2D eigenvalue weighted by Crippen LogP contribution is -3.14. The molecule has 1 aliphatic rings. The van der Waals surface area contributed by atoms with E-state index in [1.165, 1.54) is 26.8 Å². The van der Waals surface area contributed by atoms with Crippen molar-refractivity contribution in [1.82, 2.24) is 14.6 Å². The Morgan fingerprint density at radius 1 is 1.36 bits per heavy atom. The monoisotopic (exact) mass is 363 g/mol. The third-order valence-corrected chi connectivity index (χ3v) is 5.67. The summed E-state index contributed by atoms with van der Waals surface area (Å²) in [5, 5.41) is 15.1. The van der Waals surface area contributed by atoms with Gasteiger partial charge in [0.15, 0.2) is 11.9 Å². The zero-order chi connectivity index (χ0) is 17.4. The summed E-state index contributed by atoms with van der Waals surface area (Å²) >= 11 is 1.38. The molecule has 0 unspecified atom stereocenters. The second-order valence-electron chi connectivity index (χ2n) is 6.09. The molecule has 0 spiro atoms. The number of nitrogens with one attached hydrogen (secondary N) is 1. The second kappa shape index (κ2) is 6.70. The molecule has 2 N–H and O–H groups in total. The molecule has 1 atom stereocenters. The van der Waals surface area contributed by atoms with Gasteiger partial charge in [0, 0.05) is 6.42 Å². The van der Waals surface area contributed by atoms with Gasteiger partial charge in [0.2, 0.25) is 10.8 Å². The van der Waals surface area contributed by atoms with Gasteiger partial charge < -0.3 is 14.7 Å². The van der Waals surface area contributed by atoms with E-state index in [4.69, 9.17) is 4.74 Å². The Kier molecular flexibility index (Phi) is 4.41. The lowest BCUT2D eigenvalue weighted by Gasteiger charge is -2.31. The van der Waals surface area contributed by atoms with Crippen LogP contribution >= 0.6 is 11.3 Å². The Bertz CT molecular complexity index is 888. The predicted octanol–water partition coefficient (Wildman–Crippen LogP) is 1.20. The number of halogens is 1. The molecule has 0 saturated carbocycles. The molecule has 6 nitrogen and oxygen atoms in total. The second-order valence-corrected chi connectivity index (χ2v) is 7.10. The van der Waals surface area contributed by atoms with E-state index in [0.717, 1.165) is 13.1 Å². The SMILES string of the molecule is CCc1nc2sc([C@@H](c3ccccc3F)[NH+]3CCOCC3)c(O)n2n1. The van der Waals surface area contributed by atoms with Gasteiger partial charge in [-0.2, -0.15) is 4.52 Å². The number of benzene rings is 1. The molecule has 2 aromatic heterocycles. The van der Waals surface area contributed by atoms with Crippen LogP contribution in [0.1, 0.15) is 29.2 Å². The molecule has 1 saturated heterocycles. The van der Waals surface area contributed by atoms with E-state index in [-0.39, 0.29) is 17.7 Å². The van der Waals surface area contributed by atoms with Gasteiger partial charge in [-0.25, -0.2) is 9.37 Å². The fourth-order valence-electron chi connectivity index (χ4n) is 3.31. The maximum absolute atomic E-state index is 14.6. The number of ether oxygens (including phenoxy) is 1. The number of hydrogen-bond donors (Lipinski definition) is 2. The van der Waals surface area contributed by atoms with Crippen LogP contribution in [0, 0.1) is 5.82 Å². The van der Waals surface area contributed by atoms with Crippen molar-refractivity contribution in [1.29, 1.82) is 0 Å². The average molecular weight is 363 g/mol. The maximum atomic E-state index is 14.6. The third-order valence-electron chi connectivity index (χ3n) is 4.58. The Labute approximate surface area is 148 Å². The molecule has 0 aliphatic carbocycles. The maximum Gasteiger partial charge on any atom is 0.235 e. The Morgan fingerprint density at radius 3 is 2.80 bits per heavy atom. The molecule has 8 heteroatoms. The number of aromatic nitrogens is 3. The van der Waals surface area contributed by atoms with Gasteiger partial charge in [0.25, 0.3) is 0 Å². The molecule has 132 valence electrons. The summed E-state index contributed by atoms with van der Waals surface area (Å²) in [5.74, 6) is 0.479. The van der Waals surface area contributed by atoms with Gasteiger partial charge in [-0.15, -0.1) is 5.10 Å². The molecule has 3 heterocycles. The van der Waals surface area contributed by atoms with E-state index in [0.29, 0.717) is 40.9 Å². The highest BCUT2D eigenvalue weighted by Gasteiger charge is 2.35. The topological polar surface area (TPSA) is 64.1 Å². The number of morpholine rings is 1. The summed E-state index contributed by atoms with van der Waals surface area (Å²) in [6.07, 6.45) is 0.703. The highest BCUT2D eigenvalue weighted by Crippen LogP contribution is 2.35. The van der Waals surface area contributed by atoms with Gasteiger partial charge >= 0.3 is 0 Å². The van der Waals surface area contributed by atoms with Gasteiger partial charge in [-0.1, -0.05) is 30.4 Å². The number of quaternary nitrogens is 1. The fourth-order valence-corrected chi connectivity index (χ4v) is 4.46. The number of nitrogens with zero attached hydrogens (tertiary/aromatic N) is 3. The summed E-state index contributed by atoms with van der Waals surface area (Å²) < 4.78 is 21.5. The molecule has 0 amide bonds. The molecular weight excluding hydrogens is 343 g/mol. The van der Waals surface area contributed by atoms with Crippen molar-refractivity contribution in [2.24, 2.45) is 0 Å². The van der Waals surface area contributed by atoms with Gasteiger partial charge in [-0.05, 0) is 12.1 Å². The molecule has 1 fully saturated rings. The van der Waals surface area contributed by atoms with Crippen LogP contribution in [0.4, 0.5) is 4.39 Å². The standard InChI is InChI=1S/C17H19FN4O2S/c1-2-13-19-17-22(20-13)16(23)15(25-17)14(21-7-9-24-10-8-21)11-5-3-4-6-12(11)18/h3-6,14,23H,2,7-10H2,1H3/p+1/t14-/m1/s1. The minimum Gasteiger partial charge on any atom is -0.492 e. The molecule has 4 rings (SSSR count). The number of hydrogen-bond acceptors (Lipinski definition) is 5. The van der Waals surface area contributed by atoms with Crippen molar-refractivity contribution in [3.63, 3.8) is 0 Å². The van der Waals surface area contributed by atoms with Crippen molar-refractivity contribution in [2.45, 2.75) is 19.4 Å². The molecule has 0 radical (unpaired) electrons. The molecule has 0 bridgehead atoms. The van der Waals surface area contributed by atoms with Crippen LogP contribution in [0.2, 0.25) is 0 Å². The first-order valence-corrected chi connectivity index (χ1v) is 9.24. The van der Waals surface area contributed by atoms with Crippen molar-refractivity contribution in [3.8, 4) is 5.88 Å². The smallest absolute Gasteiger partial charge is 0.235 e. The highest BCUT2D eigenvalue weighted by atomic mass is 32.1. The van der Waals surface area contributed by atoms with E-state index >= 15 is 0 Å². The predicted molar refractivity (Wildman–Crippen MR) is 91.7 cm³/mol. The molecule has 25 heavy (non-hydrogen) atoms. The van der Waals surface area contributed by atoms with Crippen LogP contribution < -0.4 is 4.90 Å². The number of rotatable bonds is 4. The first-order chi connectivity index (χ1) is 12.2. The first kappa shape index (κ1) is 16.4. The van der Waals surface area contributed by atoms with Crippen molar-refractivity contribution in [2.75, 3.05) is 26.3 Å². The van der Waals surface area contributed by atoms with Crippen molar-refractivity contribution < 1.29 is 19.1 Å². The average Bonchev–Trinajstić information content (AvgIpc) is 3.18. The molecule has 1 aliphatic heterocycles. The van der Waals surface area contributed by atoms with Gasteiger partial charge in [-0.3, -0.25) is 0 Å². The number of aryl methyl sites for hydroxylation is 1. The quantitative estimate of drug-likeness (QED) is 0.731. The highest BCUT2D eigenvalue weighted by molar-refractivity contribution is 7.17. The van der Waals surface area contributed by atoms with Crippen LogP contribution in [0.3, 0.4) is 0 Å². The van der Waals surface area contributed by atoms with Crippen LogP contribution in [0.25, 0.3) is 4.96 Å². The van der Waals surface area contributed by atoms with Crippen LogP contribution in [-0.4, -0.2) is 46.0 Å². The van der Waals surface area contributed by atoms with E-state index in [1.54, 1.807) is 12.1 Å². The molecular formula is C17H20FN4O2S+. The van der Waals surface area contributed by atoms with Crippen LogP contribution in [0.15, 0.2) is 24.3 Å². The summed E-state index contributed by atoms with van der Waals surface area (Å²) in [5.41, 5.74) is 0.579. The molecule has 1 aromatic carbocycles. The number of fused-ring (bicyclic) bond motifs is 1. The van der Waals surface area contributed by atoms with Crippen LogP contribution in [0.5, 0.6) is 5.88 Å². The van der Waals surface area contributed by atoms with E-state index in [1.807, 2.05) is 13.0 Å². The Morgan fingerprint density at radius 2 is 2.12 bits per heavy atom. The third kappa shape index (κ3) is 2.90. The normalized spacial score (nSPS) is 17.2. The Hall–Kier alpha value is -2.03. The minimum absolute atomic E-state index is 0.0550. The summed E-state index contributed by atoms with van der Waals surface area (Å²) in [6, 6.07) is 6.46. The van der Waals surface area contributed by atoms with E-state index < -0.39 is 0 Å². The zero-order valence-corrected chi connectivity index (χ0v) is 14.7. The summed E-state index contributed by atoms with van der Waals surface area (Å²) in [4.78, 5) is 6.94. The van der Waals surface area contributed by atoms with E-state index in [2.05, 4.69) is 10.1 Å². The fraction of sp³-hybridized carbons (Fsp3) is 0.412. The summed E-state index contributed by atoms with van der Waals surface area (Å²) in [6.45, 7) is 4.74. The lowest BCUT2D eigenvalue weighted by molar-refractivity contribution is -0.932. The lowest BCUT2D eigenvalue weighted by atomic mass is 10.0. The van der Waals surface area contributed by atoms with Gasteiger partial charge in [0.1, 0.15) is 23.8 Å². The first-order valence-electron chi connectivity index (χ1n) is 8.43. The summed E-state index contributed by atoms with van der Waals surface area (Å²) in [7, 11) is 0. The Balaban J connectivity index is 1.84. The zero-order valence-electron chi connectivity index (χ0n) is 13.9. The number of thiazole rings is 1. The minimum atomic E-state index is -0.302. The van der Waals surface area contributed by atoms with Crippen LogP contribution in [-0.2, 0) is 11.2 Å². The van der Waals surface area contributed by atoms with E-state index in [9.17, 15) is 9.50 Å². The van der Waals surface area contributed by atoms with Gasteiger partial charge in [0.05, 0.1) is 18.8 Å². The molecule has 3 aromatic rings. The largest absolute Gasteiger partial charge is 0.492 e. The van der Waals surface area contributed by atoms with Crippen molar-refractivity contribution >= 4 is 16.3 Å². The number of aromatic hydroxyl groups is 1.